The zero-order valence-corrected chi connectivity index (χ0v) is 61.3. The van der Waals surface area contributed by atoms with Crippen molar-refractivity contribution < 1.29 is 18.9 Å². The second kappa shape index (κ2) is 36.6. The van der Waals surface area contributed by atoms with Gasteiger partial charge in [-0.1, -0.05) is 124 Å². The average Bonchev–Trinajstić information content (AvgIpc) is 0.950. The van der Waals surface area contributed by atoms with Crippen molar-refractivity contribution >= 4 is 144 Å². The number of nitrogens with one attached hydrogen (secondary N) is 6. The summed E-state index contributed by atoms with van der Waals surface area (Å²) in [5.41, 5.74) is 8.68. The van der Waals surface area contributed by atoms with Gasteiger partial charge in [-0.05, 0) is 208 Å². The van der Waals surface area contributed by atoms with Crippen molar-refractivity contribution in [1.29, 1.82) is 0 Å². The van der Waals surface area contributed by atoms with Gasteiger partial charge in [0.05, 0.1) is 38.5 Å². The molecule has 1 saturated heterocycles. The van der Waals surface area contributed by atoms with E-state index in [4.69, 9.17) is 74.4 Å². The van der Waals surface area contributed by atoms with Crippen LogP contribution in [0.2, 0.25) is 15.1 Å². The molecule has 3 aromatic heterocycles. The Morgan fingerprint density at radius 3 is 1.31 bits per heavy atom. The second-order valence-corrected chi connectivity index (χ2v) is 28.0. The monoisotopic (exact) mass is 1590 g/mol. The highest BCUT2D eigenvalue weighted by atomic mass is 127. The molecule has 22 nitrogen and oxygen atoms in total. The molecule has 5 aromatic carbocycles. The number of methoxy groups -OCH3 is 2. The maximum atomic E-state index is 6.27. The molecule has 0 radical (unpaired) electrons. The molecule has 4 aliphatic rings. The normalized spacial score (nSPS) is 15.9. The van der Waals surface area contributed by atoms with Gasteiger partial charge in [0.15, 0.2) is 0 Å². The first kappa shape index (κ1) is 71.8. The van der Waals surface area contributed by atoms with E-state index in [0.717, 1.165) is 88.7 Å². The predicted octanol–water partition coefficient (Wildman–Crippen LogP) is 18.1. The summed E-state index contributed by atoms with van der Waals surface area (Å²) in [6, 6.07) is 33.7. The van der Waals surface area contributed by atoms with Crippen LogP contribution in [0.5, 0.6) is 35.0 Å². The van der Waals surface area contributed by atoms with Crippen LogP contribution in [0.3, 0.4) is 0 Å². The first-order valence-electron chi connectivity index (χ1n) is 33.1. The summed E-state index contributed by atoms with van der Waals surface area (Å²) in [5, 5.41) is 21.8. The number of hydrogen-bond acceptors (Lipinski definition) is 22. The van der Waals surface area contributed by atoms with E-state index >= 15 is 0 Å². The van der Waals surface area contributed by atoms with Gasteiger partial charge in [0.1, 0.15) is 23.0 Å². The molecular formula is C69H85Cl3I2N18O4. The highest BCUT2D eigenvalue weighted by Gasteiger charge is 2.25. The lowest BCUT2D eigenvalue weighted by Crippen LogP contribution is -2.42. The van der Waals surface area contributed by atoms with Gasteiger partial charge in [-0.25, -0.2) is 0 Å². The number of benzene rings is 5. The Bertz CT molecular complexity index is 3760. The fourth-order valence-electron chi connectivity index (χ4n) is 11.8. The van der Waals surface area contributed by atoms with Gasteiger partial charge >= 0.3 is 12.0 Å². The first-order chi connectivity index (χ1) is 46.7. The lowest BCUT2D eigenvalue weighted by Gasteiger charge is -2.35. The summed E-state index contributed by atoms with van der Waals surface area (Å²) >= 11 is 23.2. The summed E-state index contributed by atoms with van der Waals surface area (Å²) in [4.78, 5) is 46.0. The SMILES string of the molecule is CN1CCC(N(C)c2nc(Nc3ccc(N)c(Cl)c3)nc(NC3CCCCCC3)n2)CC1.COc1ccc(Nc2nc(NC3CCCCCC3)nc(Oc3ccc(I)cc3)n2)cc1Cl.COc1ccc(Nc2nc(NC3CCCCCC3)nc(Oc3ccccc3I)n2)cc1Cl. The Balaban J connectivity index is 0.000000157. The van der Waals surface area contributed by atoms with Crippen molar-refractivity contribution in [2.45, 2.75) is 153 Å². The van der Waals surface area contributed by atoms with E-state index in [1.807, 2.05) is 66.7 Å². The molecular weight excluding hydrogens is 1510 g/mol. The number of nitrogen functional groups attached to an aromatic ring is 1. The minimum absolute atomic E-state index is 0.222. The molecule has 96 heavy (non-hydrogen) atoms. The largest absolute Gasteiger partial charge is 0.495 e. The molecule has 4 heterocycles. The molecule has 4 fully saturated rings. The van der Waals surface area contributed by atoms with E-state index < -0.39 is 0 Å². The molecule has 0 unspecified atom stereocenters. The van der Waals surface area contributed by atoms with Crippen LogP contribution < -0.4 is 61.5 Å². The van der Waals surface area contributed by atoms with E-state index in [2.05, 4.69) is 131 Å². The number of hydrogen-bond donors (Lipinski definition) is 7. The first-order valence-corrected chi connectivity index (χ1v) is 36.3. The molecule has 3 saturated carbocycles. The van der Waals surface area contributed by atoms with Gasteiger partial charge in [0.25, 0.3) is 0 Å². The third kappa shape index (κ3) is 22.3. The van der Waals surface area contributed by atoms with Gasteiger partial charge in [-0.2, -0.15) is 44.9 Å². The fourth-order valence-corrected chi connectivity index (χ4v) is 13.3. The van der Waals surface area contributed by atoms with Crippen LogP contribution in [0.15, 0.2) is 103 Å². The Hall–Kier alpha value is -6.98. The zero-order valence-electron chi connectivity index (χ0n) is 54.7. The standard InChI is InChI=1S/2C23H25ClIN5O2.C23H35ClN8/c1-31-19-13-12-16(14-17(19)24)27-22-28-21(26-15-8-4-2-3-5-9-15)29-23(30-22)32-20-11-7-6-10-18(20)25;1-31-20-13-10-17(14-19(20)24)27-22-28-21(26-16-6-4-2-3-5-7-16)29-23(30-22)32-18-11-8-15(25)9-12-18;1-31-13-11-18(12-14-31)32(2)23-29-21(26-16-7-5-3-4-6-8-16)28-22(30-23)27-17-9-10-20(25)19(24)15-17/h6-7,10-15H,2-5,8-9H2,1H3,(H2,26,27,28,29,30);8-14,16H,2-7H2,1H3,(H2,26,27,28,29,30);9-10,15-16,18H,3-8,11-14,25H2,1-2H3,(H2,26,27,28,29,30). The van der Waals surface area contributed by atoms with Crippen molar-refractivity contribution in [2.75, 3.05) is 83.9 Å². The smallest absolute Gasteiger partial charge is 0.328 e. The highest BCUT2D eigenvalue weighted by molar-refractivity contribution is 14.1. The number of halogens is 5. The number of para-hydroxylation sites is 1. The van der Waals surface area contributed by atoms with Crippen molar-refractivity contribution in [3.05, 3.63) is 125 Å². The van der Waals surface area contributed by atoms with Gasteiger partial charge in [-0.15, -0.1) is 0 Å². The number of likely N-dealkylation sites (tertiary alicyclic amines) is 1. The molecule has 8 N–H and O–H groups in total. The summed E-state index contributed by atoms with van der Waals surface area (Å²) in [7, 11) is 7.43. The van der Waals surface area contributed by atoms with E-state index in [-0.39, 0.29) is 12.0 Å². The molecule has 12 rings (SSSR count). The number of rotatable bonds is 20. The minimum Gasteiger partial charge on any atom is -0.495 e. The summed E-state index contributed by atoms with van der Waals surface area (Å²) in [6.45, 7) is 2.17. The van der Waals surface area contributed by atoms with Gasteiger partial charge in [-0.3, -0.25) is 0 Å². The number of aromatic nitrogens is 9. The number of nitrogens with zero attached hydrogens (tertiary/aromatic N) is 11. The minimum atomic E-state index is 0.222. The van der Waals surface area contributed by atoms with Crippen LogP contribution >= 0.6 is 80.0 Å². The molecule has 27 heteroatoms. The van der Waals surface area contributed by atoms with Gasteiger partial charge < -0.3 is 66.4 Å². The van der Waals surface area contributed by atoms with Crippen molar-refractivity contribution in [2.24, 2.45) is 0 Å². The Morgan fingerprint density at radius 2 is 0.865 bits per heavy atom. The van der Waals surface area contributed by atoms with E-state index in [1.54, 1.807) is 50.6 Å². The maximum absolute atomic E-state index is 6.27. The fraction of sp³-hybridized carbons (Fsp3) is 0.435. The lowest BCUT2D eigenvalue weighted by molar-refractivity contribution is 0.252. The number of anilines is 11. The summed E-state index contributed by atoms with van der Waals surface area (Å²) in [5.74, 6) is 6.12. The predicted molar refractivity (Wildman–Crippen MR) is 404 cm³/mol. The van der Waals surface area contributed by atoms with Crippen LogP contribution in [-0.2, 0) is 0 Å². The topological polar surface area (TPSA) is 258 Å². The Labute approximate surface area is 605 Å². The average molecular weight is 1590 g/mol. The summed E-state index contributed by atoms with van der Waals surface area (Å²) < 4.78 is 24.5. The molecule has 0 atom stereocenters. The number of nitrogens with two attached hydrogens (primary N) is 1. The zero-order chi connectivity index (χ0) is 67.2. The van der Waals surface area contributed by atoms with Gasteiger partial charge in [0, 0.05) is 51.8 Å². The molecule has 0 spiro atoms. The second-order valence-electron chi connectivity index (χ2n) is 24.4. The van der Waals surface area contributed by atoms with Gasteiger partial charge in [0.2, 0.25) is 41.6 Å². The lowest BCUT2D eigenvalue weighted by atomic mass is 10.0. The molecule has 0 bridgehead atoms. The quantitative estimate of drug-likeness (QED) is 0.0213. The van der Waals surface area contributed by atoms with Crippen molar-refractivity contribution in [1.82, 2.24) is 49.8 Å². The van der Waals surface area contributed by atoms with Crippen LogP contribution in [-0.4, -0.2) is 115 Å². The van der Waals surface area contributed by atoms with Crippen LogP contribution in [0, 0.1) is 7.14 Å². The van der Waals surface area contributed by atoms with E-state index in [0.29, 0.717) is 110 Å². The van der Waals surface area contributed by atoms with Crippen LogP contribution in [0.4, 0.5) is 64.4 Å². The third-order valence-electron chi connectivity index (χ3n) is 17.1. The number of ether oxygens (including phenoxy) is 4. The Kier molecular flexibility index (Phi) is 27.3. The molecule has 1 aliphatic heterocycles. The van der Waals surface area contributed by atoms with E-state index in [9.17, 15) is 0 Å². The van der Waals surface area contributed by atoms with E-state index in [1.165, 1.54) is 77.0 Å². The van der Waals surface area contributed by atoms with Crippen LogP contribution in [0.25, 0.3) is 0 Å². The molecule has 8 aromatic rings. The van der Waals surface area contributed by atoms with Crippen molar-refractivity contribution in [3.63, 3.8) is 0 Å². The summed E-state index contributed by atoms with van der Waals surface area (Å²) in [6.07, 6.45) is 24.0. The molecule has 510 valence electrons. The number of piperidine rings is 1. The molecule has 0 amide bonds. The third-order valence-corrected chi connectivity index (χ3v) is 19.6. The van der Waals surface area contributed by atoms with Crippen LogP contribution in [0.1, 0.15) is 128 Å². The molecule has 3 aliphatic carbocycles. The van der Waals surface area contributed by atoms with Crippen molar-refractivity contribution in [3.8, 4) is 35.0 Å². The highest BCUT2D eigenvalue weighted by Crippen LogP contribution is 2.34. The maximum Gasteiger partial charge on any atom is 0.328 e. The Morgan fingerprint density at radius 1 is 0.458 bits per heavy atom.